The minimum atomic E-state index is 0.0264. The molecular formula is C17H20ClNO2. The first kappa shape index (κ1) is 15.7. The molecule has 0 fully saturated rings. The van der Waals surface area contributed by atoms with E-state index in [9.17, 15) is 0 Å². The summed E-state index contributed by atoms with van der Waals surface area (Å²) < 4.78 is 11.2. The van der Waals surface area contributed by atoms with Gasteiger partial charge < -0.3 is 14.8 Å². The van der Waals surface area contributed by atoms with E-state index in [0.29, 0.717) is 17.4 Å². The van der Waals surface area contributed by atoms with Gasteiger partial charge in [-0.15, -0.1) is 0 Å². The highest BCUT2D eigenvalue weighted by Crippen LogP contribution is 2.28. The number of nitrogens with one attached hydrogen (secondary N) is 1. The fourth-order valence-corrected chi connectivity index (χ4v) is 2.47. The third-order valence-corrected chi connectivity index (χ3v) is 3.65. The van der Waals surface area contributed by atoms with Crippen LogP contribution >= 0.6 is 11.6 Å². The third-order valence-electron chi connectivity index (χ3n) is 3.36. The average molecular weight is 306 g/mol. The maximum absolute atomic E-state index is 6.19. The Morgan fingerprint density at radius 3 is 2.57 bits per heavy atom. The van der Waals surface area contributed by atoms with E-state index in [4.69, 9.17) is 21.1 Å². The second-order valence-electron chi connectivity index (χ2n) is 4.83. The van der Waals surface area contributed by atoms with Crippen LogP contribution < -0.4 is 14.8 Å². The molecule has 1 unspecified atom stereocenters. The second kappa shape index (κ2) is 7.34. The quantitative estimate of drug-likeness (QED) is 0.875. The van der Waals surface area contributed by atoms with Crippen molar-refractivity contribution >= 4 is 11.6 Å². The summed E-state index contributed by atoms with van der Waals surface area (Å²) in [5, 5.41) is 3.88. The Morgan fingerprint density at radius 2 is 1.90 bits per heavy atom. The summed E-state index contributed by atoms with van der Waals surface area (Å²) in [6, 6.07) is 13.7. The van der Waals surface area contributed by atoms with Crippen LogP contribution in [0.1, 0.15) is 17.2 Å². The number of para-hydroxylation sites is 1. The van der Waals surface area contributed by atoms with Crippen LogP contribution in [0.4, 0.5) is 0 Å². The molecule has 0 saturated carbocycles. The molecule has 0 aliphatic heterocycles. The predicted octanol–water partition coefficient (Wildman–Crippen LogP) is 4.00. The minimum absolute atomic E-state index is 0.0264. The van der Waals surface area contributed by atoms with Crippen LogP contribution in [-0.2, 0) is 0 Å². The summed E-state index contributed by atoms with van der Waals surface area (Å²) in [7, 11) is 3.57. The number of methoxy groups -OCH3 is 1. The first-order valence-corrected chi connectivity index (χ1v) is 7.22. The normalized spacial score (nSPS) is 12.0. The van der Waals surface area contributed by atoms with E-state index in [2.05, 4.69) is 5.32 Å². The van der Waals surface area contributed by atoms with Crippen LogP contribution in [0.3, 0.4) is 0 Å². The fourth-order valence-electron chi connectivity index (χ4n) is 2.18. The van der Waals surface area contributed by atoms with E-state index in [1.165, 1.54) is 0 Å². The molecule has 0 spiro atoms. The molecule has 0 heterocycles. The molecule has 4 heteroatoms. The molecule has 0 bridgehead atoms. The molecule has 2 aromatic carbocycles. The lowest BCUT2D eigenvalue weighted by atomic mass is 10.1. The molecule has 3 nitrogen and oxygen atoms in total. The van der Waals surface area contributed by atoms with Crippen molar-refractivity contribution in [1.29, 1.82) is 0 Å². The highest BCUT2D eigenvalue weighted by atomic mass is 35.5. The van der Waals surface area contributed by atoms with Crippen molar-refractivity contribution in [3.63, 3.8) is 0 Å². The van der Waals surface area contributed by atoms with Crippen LogP contribution in [0, 0.1) is 6.92 Å². The van der Waals surface area contributed by atoms with Crippen molar-refractivity contribution < 1.29 is 9.47 Å². The van der Waals surface area contributed by atoms with Crippen LogP contribution in [0.15, 0.2) is 42.5 Å². The zero-order valence-corrected chi connectivity index (χ0v) is 13.3. The van der Waals surface area contributed by atoms with Crippen LogP contribution in [0.5, 0.6) is 11.5 Å². The van der Waals surface area contributed by atoms with Gasteiger partial charge in [0.25, 0.3) is 0 Å². The maximum Gasteiger partial charge on any atom is 0.138 e. The topological polar surface area (TPSA) is 30.5 Å². The smallest absolute Gasteiger partial charge is 0.138 e. The molecule has 1 atom stereocenters. The molecule has 1 N–H and O–H groups in total. The van der Waals surface area contributed by atoms with Gasteiger partial charge in [0.15, 0.2) is 0 Å². The van der Waals surface area contributed by atoms with E-state index in [0.717, 1.165) is 16.9 Å². The van der Waals surface area contributed by atoms with Gasteiger partial charge >= 0.3 is 0 Å². The standard InChI is InChI=1S/C17H20ClNO2/c1-12-8-9-17(14(18)10-12)21-11-15(19-2)13-6-4-5-7-16(13)20-3/h4-10,15,19H,11H2,1-3H3. The number of hydrogen-bond donors (Lipinski definition) is 1. The molecule has 2 rings (SSSR count). The molecule has 21 heavy (non-hydrogen) atoms. The average Bonchev–Trinajstić information content (AvgIpc) is 2.50. The van der Waals surface area contributed by atoms with E-state index in [1.54, 1.807) is 7.11 Å². The summed E-state index contributed by atoms with van der Waals surface area (Å²) >= 11 is 6.19. The molecule has 0 aliphatic carbocycles. The van der Waals surface area contributed by atoms with E-state index >= 15 is 0 Å². The number of hydrogen-bond acceptors (Lipinski definition) is 3. The number of aryl methyl sites for hydroxylation is 1. The Hall–Kier alpha value is -1.71. The van der Waals surface area contributed by atoms with Gasteiger partial charge in [-0.05, 0) is 37.7 Å². The Bertz CT molecular complexity index is 601. The first-order valence-electron chi connectivity index (χ1n) is 6.85. The van der Waals surface area contributed by atoms with Crippen LogP contribution in [-0.4, -0.2) is 20.8 Å². The molecule has 112 valence electrons. The van der Waals surface area contributed by atoms with Gasteiger partial charge in [0.05, 0.1) is 18.2 Å². The second-order valence-corrected chi connectivity index (χ2v) is 5.24. The fraction of sp³-hybridized carbons (Fsp3) is 0.294. The minimum Gasteiger partial charge on any atom is -0.496 e. The van der Waals surface area contributed by atoms with Crippen molar-refractivity contribution in [2.45, 2.75) is 13.0 Å². The van der Waals surface area contributed by atoms with Gasteiger partial charge in [-0.25, -0.2) is 0 Å². The van der Waals surface area contributed by atoms with Crippen LogP contribution in [0.25, 0.3) is 0 Å². The Morgan fingerprint density at radius 1 is 1.14 bits per heavy atom. The molecule has 2 aromatic rings. The first-order chi connectivity index (χ1) is 10.2. The van der Waals surface area contributed by atoms with E-state index in [1.807, 2.05) is 56.4 Å². The van der Waals surface area contributed by atoms with Gasteiger partial charge in [-0.2, -0.15) is 0 Å². The Kier molecular flexibility index (Phi) is 5.48. The summed E-state index contributed by atoms with van der Waals surface area (Å²) in [6.45, 7) is 2.47. The van der Waals surface area contributed by atoms with Crippen molar-refractivity contribution in [2.75, 3.05) is 20.8 Å². The van der Waals surface area contributed by atoms with Gasteiger partial charge in [0.1, 0.15) is 18.1 Å². The number of benzene rings is 2. The molecule has 0 radical (unpaired) electrons. The summed E-state index contributed by atoms with van der Waals surface area (Å²) in [5.74, 6) is 1.54. The summed E-state index contributed by atoms with van der Waals surface area (Å²) in [4.78, 5) is 0. The highest BCUT2D eigenvalue weighted by molar-refractivity contribution is 6.32. The summed E-state index contributed by atoms with van der Waals surface area (Å²) in [5.41, 5.74) is 2.17. The molecule has 0 aromatic heterocycles. The predicted molar refractivity (Wildman–Crippen MR) is 86.5 cm³/mol. The molecular weight excluding hydrogens is 286 g/mol. The van der Waals surface area contributed by atoms with Crippen molar-refractivity contribution in [2.24, 2.45) is 0 Å². The lowest BCUT2D eigenvalue weighted by molar-refractivity contribution is 0.269. The monoisotopic (exact) mass is 305 g/mol. The lowest BCUT2D eigenvalue weighted by Crippen LogP contribution is -2.23. The number of likely N-dealkylation sites (N-methyl/N-ethyl adjacent to an activating group) is 1. The Balaban J connectivity index is 2.12. The molecule has 0 saturated heterocycles. The van der Waals surface area contributed by atoms with E-state index in [-0.39, 0.29) is 6.04 Å². The van der Waals surface area contributed by atoms with Gasteiger partial charge in [0.2, 0.25) is 0 Å². The zero-order valence-electron chi connectivity index (χ0n) is 12.5. The molecule has 0 amide bonds. The number of rotatable bonds is 6. The van der Waals surface area contributed by atoms with Crippen LogP contribution in [0.2, 0.25) is 5.02 Å². The molecule has 0 aliphatic rings. The maximum atomic E-state index is 6.19. The van der Waals surface area contributed by atoms with Gasteiger partial charge in [0, 0.05) is 5.56 Å². The highest BCUT2D eigenvalue weighted by Gasteiger charge is 2.15. The van der Waals surface area contributed by atoms with Gasteiger partial charge in [-0.1, -0.05) is 35.9 Å². The third kappa shape index (κ3) is 3.90. The van der Waals surface area contributed by atoms with E-state index < -0.39 is 0 Å². The SMILES string of the molecule is CNC(COc1ccc(C)cc1Cl)c1ccccc1OC. The van der Waals surface area contributed by atoms with Gasteiger partial charge in [-0.3, -0.25) is 0 Å². The Labute approximate surface area is 130 Å². The largest absolute Gasteiger partial charge is 0.496 e. The zero-order chi connectivity index (χ0) is 15.2. The lowest BCUT2D eigenvalue weighted by Gasteiger charge is -2.20. The van der Waals surface area contributed by atoms with Crippen molar-refractivity contribution in [1.82, 2.24) is 5.32 Å². The summed E-state index contributed by atoms with van der Waals surface area (Å²) in [6.07, 6.45) is 0. The van der Waals surface area contributed by atoms with Crippen molar-refractivity contribution in [3.8, 4) is 11.5 Å². The van der Waals surface area contributed by atoms with Crippen molar-refractivity contribution in [3.05, 3.63) is 58.6 Å². The number of ether oxygens (including phenoxy) is 2. The number of halogens is 1.